The SMILES string of the molecule is CC(C)CC[C@H]1C(=O)N[C@@H](CC(C)C)C(=O)N(C)[C@@H](Cc2cn(Cc3ccc(C(F)(F)F)cc3)c3ccccc23)C(=O)N[C@@H](CC(C)C)C(=O)N(C)[C@@H](C)C(=O)O[C@H](CCC#N)C(=O)N[C@@H](CC(C)C)C(=O)N1C. The molecule has 7 atom stereocenters. The number of nitriles is 1. The number of rotatable bonds is 15. The van der Waals surface area contributed by atoms with Gasteiger partial charge in [-0.2, -0.15) is 18.4 Å². The fourth-order valence-electron chi connectivity index (χ4n) is 9.17. The van der Waals surface area contributed by atoms with Crippen molar-refractivity contribution in [3.8, 4) is 6.07 Å². The molecule has 0 saturated carbocycles. The molecule has 16 nitrogen and oxygen atoms in total. The maximum Gasteiger partial charge on any atom is 0.416 e. The Morgan fingerprint density at radius 3 is 1.64 bits per heavy atom. The van der Waals surface area contributed by atoms with E-state index in [0.29, 0.717) is 28.5 Å². The molecule has 406 valence electrons. The van der Waals surface area contributed by atoms with E-state index in [4.69, 9.17) is 4.74 Å². The predicted octanol–water partition coefficient (Wildman–Crippen LogP) is 7.01. The van der Waals surface area contributed by atoms with Crippen molar-refractivity contribution in [2.75, 3.05) is 21.1 Å². The minimum Gasteiger partial charge on any atom is -0.451 e. The zero-order chi connectivity index (χ0) is 55.4. The Kier molecular flexibility index (Phi) is 21.7. The number of esters is 1. The van der Waals surface area contributed by atoms with E-state index in [1.165, 1.54) is 50.0 Å². The molecule has 1 aliphatic rings. The summed E-state index contributed by atoms with van der Waals surface area (Å²) in [6, 6.07) is 6.63. The molecule has 74 heavy (non-hydrogen) atoms. The van der Waals surface area contributed by atoms with E-state index in [1.54, 1.807) is 18.3 Å². The summed E-state index contributed by atoms with van der Waals surface area (Å²) in [5, 5.41) is 18.8. The Balaban J connectivity index is 1.92. The Bertz CT molecular complexity index is 2480. The highest BCUT2D eigenvalue weighted by atomic mass is 19.4. The number of carbonyl (C=O) groups is 7. The lowest BCUT2D eigenvalue weighted by atomic mass is 9.96. The summed E-state index contributed by atoms with van der Waals surface area (Å²) in [5.74, 6) is -5.49. The van der Waals surface area contributed by atoms with Crippen molar-refractivity contribution >= 4 is 52.3 Å². The lowest BCUT2D eigenvalue weighted by Gasteiger charge is -2.35. The number of aromatic nitrogens is 1. The van der Waals surface area contributed by atoms with E-state index in [2.05, 4.69) is 16.0 Å². The third kappa shape index (κ3) is 16.3. The molecule has 0 aliphatic carbocycles. The van der Waals surface area contributed by atoms with Gasteiger partial charge in [0.2, 0.25) is 29.5 Å². The van der Waals surface area contributed by atoms with Crippen LogP contribution in [0.5, 0.6) is 0 Å². The van der Waals surface area contributed by atoms with Crippen LogP contribution in [0.3, 0.4) is 0 Å². The van der Waals surface area contributed by atoms with Crippen molar-refractivity contribution in [2.45, 2.75) is 169 Å². The van der Waals surface area contributed by atoms with Gasteiger partial charge >= 0.3 is 12.1 Å². The lowest BCUT2D eigenvalue weighted by molar-refractivity contribution is -0.163. The number of fused-ring (bicyclic) bond motifs is 1. The molecule has 3 aromatic rings. The van der Waals surface area contributed by atoms with Gasteiger partial charge in [0.05, 0.1) is 11.6 Å². The fourth-order valence-corrected chi connectivity index (χ4v) is 9.17. The molecule has 0 radical (unpaired) electrons. The number of alkyl halides is 3. The predicted molar refractivity (Wildman–Crippen MR) is 274 cm³/mol. The minimum atomic E-state index is -4.52. The Morgan fingerprint density at radius 1 is 0.649 bits per heavy atom. The Hall–Kier alpha value is -6.45. The van der Waals surface area contributed by atoms with Crippen molar-refractivity contribution in [1.82, 2.24) is 35.2 Å². The molecule has 6 amide bonds. The van der Waals surface area contributed by atoms with Gasteiger partial charge in [-0.25, -0.2) is 4.79 Å². The molecule has 3 N–H and O–H groups in total. The zero-order valence-corrected chi connectivity index (χ0v) is 45.0. The number of nitrogens with zero attached hydrogens (tertiary/aromatic N) is 5. The highest BCUT2D eigenvalue weighted by molar-refractivity contribution is 5.98. The normalized spacial score (nSPS) is 22.8. The number of benzene rings is 2. The number of hydrogen-bond donors (Lipinski definition) is 3. The van der Waals surface area contributed by atoms with Crippen LogP contribution in [0.1, 0.15) is 124 Å². The number of likely N-dealkylation sites (N-methyl/N-ethyl adjacent to an activating group) is 3. The van der Waals surface area contributed by atoms with Gasteiger partial charge in [0.15, 0.2) is 6.10 Å². The lowest BCUT2D eigenvalue weighted by Crippen LogP contribution is -2.60. The van der Waals surface area contributed by atoms with Crippen LogP contribution in [0.15, 0.2) is 54.7 Å². The van der Waals surface area contributed by atoms with Gasteiger partial charge in [-0.1, -0.05) is 85.7 Å². The van der Waals surface area contributed by atoms with Gasteiger partial charge in [-0.15, -0.1) is 0 Å². The molecule has 1 saturated heterocycles. The molecule has 0 unspecified atom stereocenters. The second-order valence-electron chi connectivity index (χ2n) is 21.4. The average Bonchev–Trinajstić information content (AvgIpc) is 3.67. The molecular weight excluding hydrogens is 958 g/mol. The van der Waals surface area contributed by atoms with Crippen LogP contribution in [-0.4, -0.2) is 124 Å². The molecule has 19 heteroatoms. The zero-order valence-electron chi connectivity index (χ0n) is 45.0. The number of nitrogens with one attached hydrogen (secondary N) is 3. The van der Waals surface area contributed by atoms with Crippen molar-refractivity contribution in [3.63, 3.8) is 0 Å². The standard InChI is InChI=1S/C55H77F3N8O8/c1-32(2)19-24-45-48(67)60-42(27-34(5)6)53(72)65(12)46(29-38-31-66(44-17-14-13-16-40(38)44)30-37-20-22-39(23-21-37)55(56,57)58)49(68)61-41(26-33(3)4)51(70)63(10)36(9)54(73)74-47(18-15-25-59)50(69)62-43(28-35(7)8)52(71)64(45)11/h13-14,16-17,20-23,31-36,41-43,45-47H,15,18-19,24,26-30H2,1-12H3,(H,60,67)(H,61,68)(H,62,69)/t36-,41-,42-,43-,45-,46-,47+/m0/s1. The van der Waals surface area contributed by atoms with E-state index in [-0.39, 0.29) is 75.2 Å². The van der Waals surface area contributed by atoms with Crippen LogP contribution in [0.4, 0.5) is 13.2 Å². The van der Waals surface area contributed by atoms with Crippen LogP contribution in [0.25, 0.3) is 10.9 Å². The van der Waals surface area contributed by atoms with Crippen LogP contribution >= 0.6 is 0 Å². The van der Waals surface area contributed by atoms with Gasteiger partial charge < -0.3 is 40.0 Å². The van der Waals surface area contributed by atoms with Crippen molar-refractivity contribution in [1.29, 1.82) is 5.26 Å². The summed E-state index contributed by atoms with van der Waals surface area (Å²) in [7, 11) is 4.26. The summed E-state index contributed by atoms with van der Waals surface area (Å²) in [6.07, 6.45) is -3.76. The summed E-state index contributed by atoms with van der Waals surface area (Å²) < 4.78 is 48.0. The summed E-state index contributed by atoms with van der Waals surface area (Å²) >= 11 is 0. The van der Waals surface area contributed by atoms with Crippen LogP contribution < -0.4 is 16.0 Å². The first-order chi connectivity index (χ1) is 34.6. The van der Waals surface area contributed by atoms with E-state index in [1.807, 2.05) is 78.2 Å². The molecule has 2 heterocycles. The maximum atomic E-state index is 15.2. The number of halogens is 3. The topological polar surface area (TPSA) is 203 Å². The first-order valence-electron chi connectivity index (χ1n) is 25.7. The van der Waals surface area contributed by atoms with Gasteiger partial charge in [-0.05, 0) is 92.0 Å². The Morgan fingerprint density at radius 2 is 1.14 bits per heavy atom. The Labute approximate surface area is 434 Å². The average molecular weight is 1040 g/mol. The number of carbonyl (C=O) groups excluding carboxylic acids is 7. The van der Waals surface area contributed by atoms with Gasteiger partial charge in [-0.3, -0.25) is 28.8 Å². The smallest absolute Gasteiger partial charge is 0.416 e. The third-order valence-electron chi connectivity index (χ3n) is 13.5. The summed E-state index contributed by atoms with van der Waals surface area (Å²) in [6.45, 7) is 16.6. The van der Waals surface area contributed by atoms with E-state index < -0.39 is 95.5 Å². The van der Waals surface area contributed by atoms with E-state index >= 15 is 9.59 Å². The molecule has 0 spiro atoms. The second kappa shape index (κ2) is 26.7. The van der Waals surface area contributed by atoms with Crippen LogP contribution in [0.2, 0.25) is 0 Å². The van der Waals surface area contributed by atoms with Gasteiger partial charge in [0.1, 0.15) is 36.3 Å². The molecule has 1 aromatic heterocycles. The molecule has 1 fully saturated rings. The molecule has 0 bridgehead atoms. The molecule has 2 aromatic carbocycles. The number of ether oxygens (including phenoxy) is 1. The van der Waals surface area contributed by atoms with E-state index in [0.717, 1.165) is 17.0 Å². The molecule has 1 aliphatic heterocycles. The summed E-state index contributed by atoms with van der Waals surface area (Å²) in [4.78, 5) is 106. The van der Waals surface area contributed by atoms with E-state index in [9.17, 15) is 42.4 Å². The number of hydrogen-bond acceptors (Lipinski definition) is 9. The minimum absolute atomic E-state index is 0.100. The summed E-state index contributed by atoms with van der Waals surface area (Å²) in [5.41, 5.74) is 1.09. The molecular formula is C55H77F3N8O8. The monoisotopic (exact) mass is 1030 g/mol. The third-order valence-corrected chi connectivity index (χ3v) is 13.5. The highest BCUT2D eigenvalue weighted by Crippen LogP contribution is 2.30. The van der Waals surface area contributed by atoms with Gasteiger partial charge in [0.25, 0.3) is 5.91 Å². The largest absolute Gasteiger partial charge is 0.451 e. The van der Waals surface area contributed by atoms with Crippen LogP contribution in [0, 0.1) is 35.0 Å². The van der Waals surface area contributed by atoms with Crippen LogP contribution in [-0.2, 0) is 57.4 Å². The number of cyclic esters (lactones) is 1. The quantitative estimate of drug-likeness (QED) is 0.134. The first kappa shape index (κ1) is 60.1. The first-order valence-corrected chi connectivity index (χ1v) is 25.7. The second-order valence-corrected chi connectivity index (χ2v) is 21.4. The number of para-hydroxylation sites is 1. The van der Waals surface area contributed by atoms with Gasteiger partial charge in [0, 0.05) is 64.1 Å². The number of amides is 6. The highest BCUT2D eigenvalue weighted by Gasteiger charge is 2.41. The maximum absolute atomic E-state index is 15.2. The molecule has 4 rings (SSSR count). The fraction of sp³-hybridized carbons (Fsp3) is 0.600. The van der Waals surface area contributed by atoms with Crippen molar-refractivity contribution in [2.24, 2.45) is 23.7 Å². The van der Waals surface area contributed by atoms with Crippen molar-refractivity contribution < 1.29 is 51.5 Å². The van der Waals surface area contributed by atoms with Crippen molar-refractivity contribution in [3.05, 3.63) is 71.4 Å².